The monoisotopic (exact) mass is 652 g/mol. The molecule has 3 aromatic heterocycles. The van der Waals surface area contributed by atoms with Crippen molar-refractivity contribution in [1.29, 1.82) is 0 Å². The van der Waals surface area contributed by atoms with Gasteiger partial charge in [0.05, 0.1) is 0 Å². The van der Waals surface area contributed by atoms with Gasteiger partial charge in [0, 0.05) is 74.8 Å². The summed E-state index contributed by atoms with van der Waals surface area (Å²) >= 11 is 0. The Labute approximate surface area is 222 Å². The summed E-state index contributed by atoms with van der Waals surface area (Å²) in [5, 5.41) is 13.3. The van der Waals surface area contributed by atoms with Crippen LogP contribution in [0.15, 0.2) is 79.0 Å². The molecule has 4 heterocycles. The van der Waals surface area contributed by atoms with Crippen molar-refractivity contribution >= 4 is 38.4 Å². The van der Waals surface area contributed by atoms with Gasteiger partial charge in [-0.25, -0.2) is 9.97 Å². The first-order valence-corrected chi connectivity index (χ1v) is 11.6. The molecule has 3 aromatic carbocycles. The van der Waals surface area contributed by atoms with Crippen LogP contribution in [-0.4, -0.2) is 32.7 Å². The van der Waals surface area contributed by atoms with Gasteiger partial charge in [-0.05, 0) is 36.1 Å². The molecule has 1 aliphatic rings. The summed E-state index contributed by atoms with van der Waals surface area (Å²) in [7, 11) is 0. The van der Waals surface area contributed by atoms with Crippen molar-refractivity contribution in [2.45, 2.75) is 6.92 Å². The number of rotatable bonds is 4. The van der Waals surface area contributed by atoms with Gasteiger partial charge in [0.25, 0.3) is 0 Å². The Kier molecular flexibility index (Phi) is 5.42. The third kappa shape index (κ3) is 3.69. The van der Waals surface area contributed by atoms with Gasteiger partial charge in [0.15, 0.2) is 0 Å². The first kappa shape index (κ1) is 22.6. The Morgan fingerprint density at radius 2 is 1.81 bits per heavy atom. The smallest absolute Gasteiger partial charge is 0.217 e. The number of ether oxygens (including phenoxy) is 1. The summed E-state index contributed by atoms with van der Waals surface area (Å²) in [5.41, 5.74) is 4.85. The van der Waals surface area contributed by atoms with E-state index < -0.39 is 0 Å². The van der Waals surface area contributed by atoms with Crippen molar-refractivity contribution in [2.24, 2.45) is 0 Å². The number of hydrogen-bond donors (Lipinski definition) is 1. The van der Waals surface area contributed by atoms with Crippen LogP contribution >= 0.6 is 0 Å². The summed E-state index contributed by atoms with van der Waals surface area (Å²) in [6.07, 6.45) is 1.94. The number of benzene rings is 3. The topological polar surface area (TPSA) is 63.2 Å². The zero-order valence-corrected chi connectivity index (χ0v) is 21.7. The largest absolute Gasteiger partial charge is 0.506 e. The molecule has 7 heteroatoms. The van der Waals surface area contributed by atoms with E-state index in [2.05, 4.69) is 51.7 Å². The third-order valence-electron chi connectivity index (χ3n) is 6.52. The number of nitrogens with zero attached hydrogens (tertiary/aromatic N) is 4. The first-order valence-electron chi connectivity index (χ1n) is 11.6. The minimum atomic E-state index is 0. The number of anilines is 1. The fraction of sp³-hybridized carbons (Fsp3) is 0.103. The Bertz CT molecular complexity index is 1780. The number of aryl methyl sites for hydroxylation is 1. The van der Waals surface area contributed by atoms with Gasteiger partial charge in [-0.2, -0.15) is 6.07 Å². The van der Waals surface area contributed by atoms with Crippen LogP contribution in [0.5, 0.6) is 17.4 Å². The maximum absolute atomic E-state index is 10.2. The predicted molar refractivity (Wildman–Crippen MR) is 138 cm³/mol. The number of phenolic OH excluding ortho intramolecular Hbond substituents is 1. The molecule has 0 unspecified atom stereocenters. The minimum Gasteiger partial charge on any atom is -0.506 e. The zero-order chi connectivity index (χ0) is 23.5. The first-order chi connectivity index (χ1) is 17.2. The number of hydrogen-bond acceptors (Lipinski definition) is 5. The summed E-state index contributed by atoms with van der Waals surface area (Å²) < 4.78 is 8.25. The molecule has 0 aliphatic carbocycles. The quantitative estimate of drug-likeness (QED) is 0.183. The van der Waals surface area contributed by atoms with Crippen molar-refractivity contribution in [3.63, 3.8) is 0 Å². The second kappa shape index (κ2) is 8.65. The van der Waals surface area contributed by atoms with Gasteiger partial charge < -0.3 is 19.3 Å². The summed E-state index contributed by atoms with van der Waals surface area (Å²) in [6, 6.07) is 26.9. The van der Waals surface area contributed by atoms with Crippen molar-refractivity contribution in [1.82, 2.24) is 14.5 Å². The van der Waals surface area contributed by atoms with Gasteiger partial charge in [-0.3, -0.25) is 0 Å². The molecule has 0 saturated carbocycles. The molecule has 180 valence electrons. The van der Waals surface area contributed by atoms with Gasteiger partial charge >= 0.3 is 0 Å². The second-order valence-corrected chi connectivity index (χ2v) is 8.85. The molecule has 0 amide bonds. The molecule has 36 heavy (non-hydrogen) atoms. The second-order valence-electron chi connectivity index (χ2n) is 8.85. The molecule has 1 N–H and O–H groups in total. The van der Waals surface area contributed by atoms with Crippen LogP contribution < -0.4 is 9.64 Å². The standard InChI is InChI=1S/C29H21N4O2.Pt/c1-18-17-30-27(16-24(18)32-13-14-32)33-23-7-3-2-6-21(23)22-11-10-20(15-25(22)33)35-28-12-9-19-5-4-8-26(34)29(19)31-28;/h2-12,16-17,34H,13-14H2,1H3;/q-1;. The number of aromatic nitrogens is 3. The van der Waals surface area contributed by atoms with Gasteiger partial charge in [0.1, 0.15) is 17.1 Å². The molecular formula is C29H21N4O2Pt-. The molecule has 6 nitrogen and oxygen atoms in total. The molecule has 0 atom stereocenters. The summed E-state index contributed by atoms with van der Waals surface area (Å²) in [5.74, 6) is 1.92. The molecule has 0 radical (unpaired) electrons. The maximum Gasteiger partial charge on any atom is 0.217 e. The number of para-hydroxylation sites is 2. The molecule has 1 saturated heterocycles. The molecule has 6 aromatic rings. The van der Waals surface area contributed by atoms with E-state index in [-0.39, 0.29) is 26.8 Å². The molecule has 1 fully saturated rings. The van der Waals surface area contributed by atoms with Crippen LogP contribution in [0, 0.1) is 13.0 Å². The maximum atomic E-state index is 10.2. The van der Waals surface area contributed by atoms with E-state index in [1.807, 2.05) is 36.5 Å². The van der Waals surface area contributed by atoms with Gasteiger partial charge in [-0.1, -0.05) is 35.8 Å². The van der Waals surface area contributed by atoms with Crippen molar-refractivity contribution < 1.29 is 30.9 Å². The molecule has 7 rings (SSSR count). The van der Waals surface area contributed by atoms with E-state index in [4.69, 9.17) is 9.72 Å². The molecule has 0 spiro atoms. The van der Waals surface area contributed by atoms with Crippen molar-refractivity contribution in [3.8, 4) is 23.2 Å². The molecule has 1 aliphatic heterocycles. The summed E-state index contributed by atoms with van der Waals surface area (Å²) in [6.45, 7) is 4.26. The van der Waals surface area contributed by atoms with Gasteiger partial charge in [-0.15, -0.1) is 17.5 Å². The van der Waals surface area contributed by atoms with Crippen LogP contribution in [0.4, 0.5) is 5.69 Å². The fourth-order valence-electron chi connectivity index (χ4n) is 4.71. The van der Waals surface area contributed by atoms with Crippen LogP contribution in [0.25, 0.3) is 38.5 Å². The van der Waals surface area contributed by atoms with E-state index in [1.54, 1.807) is 18.2 Å². The predicted octanol–water partition coefficient (Wildman–Crippen LogP) is 6.15. The zero-order valence-electron chi connectivity index (χ0n) is 19.4. The van der Waals surface area contributed by atoms with Crippen LogP contribution in [-0.2, 0) is 21.1 Å². The number of pyridine rings is 2. The third-order valence-corrected chi connectivity index (χ3v) is 6.52. The number of aromatic hydroxyl groups is 1. The minimum absolute atomic E-state index is 0. The Hall–Kier alpha value is -3.89. The summed E-state index contributed by atoms with van der Waals surface area (Å²) in [4.78, 5) is 11.6. The number of phenols is 1. The Morgan fingerprint density at radius 3 is 2.67 bits per heavy atom. The van der Waals surface area contributed by atoms with E-state index in [1.165, 1.54) is 11.3 Å². The van der Waals surface area contributed by atoms with Crippen LogP contribution in [0.1, 0.15) is 5.56 Å². The SMILES string of the molecule is Cc1cnc(-n2c3[c-]c(Oc4ccc5cccc(O)c5n4)ccc3c3ccccc32)cc1N1CC1.[Pt]. The van der Waals surface area contributed by atoms with E-state index in [0.29, 0.717) is 17.1 Å². The Morgan fingerprint density at radius 1 is 0.944 bits per heavy atom. The fourth-order valence-corrected chi connectivity index (χ4v) is 4.71. The van der Waals surface area contributed by atoms with E-state index in [9.17, 15) is 5.11 Å². The van der Waals surface area contributed by atoms with E-state index in [0.717, 1.165) is 46.1 Å². The van der Waals surface area contributed by atoms with Crippen molar-refractivity contribution in [3.05, 3.63) is 90.6 Å². The average molecular weight is 653 g/mol. The average Bonchev–Trinajstić information content (AvgIpc) is 3.67. The molecular weight excluding hydrogens is 631 g/mol. The van der Waals surface area contributed by atoms with Gasteiger partial charge in [0.2, 0.25) is 5.88 Å². The normalized spacial score (nSPS) is 12.8. The Balaban J connectivity index is 0.00000240. The van der Waals surface area contributed by atoms with Crippen molar-refractivity contribution in [2.75, 3.05) is 18.0 Å². The van der Waals surface area contributed by atoms with Crippen LogP contribution in [0.3, 0.4) is 0 Å². The van der Waals surface area contributed by atoms with Crippen LogP contribution in [0.2, 0.25) is 0 Å². The number of fused-ring (bicyclic) bond motifs is 4. The molecule has 0 bridgehead atoms. The van der Waals surface area contributed by atoms with E-state index >= 15 is 0 Å².